The fourth-order valence-electron chi connectivity index (χ4n) is 3.30. The van der Waals surface area contributed by atoms with Crippen molar-refractivity contribution in [1.29, 1.82) is 5.41 Å². The monoisotopic (exact) mass is 346 g/mol. The molecule has 6 nitrogen and oxygen atoms in total. The van der Waals surface area contributed by atoms with Crippen molar-refractivity contribution in [3.63, 3.8) is 0 Å². The first-order chi connectivity index (χ1) is 12.6. The van der Waals surface area contributed by atoms with E-state index in [0.717, 1.165) is 5.56 Å². The number of rotatable bonds is 3. The Bertz CT molecular complexity index is 1090. The molecule has 1 atom stereocenters. The van der Waals surface area contributed by atoms with Gasteiger partial charge in [0.2, 0.25) is 0 Å². The molecule has 6 heteroatoms. The highest BCUT2D eigenvalue weighted by molar-refractivity contribution is 6.22. The molecule has 1 aliphatic rings. The van der Waals surface area contributed by atoms with Crippen molar-refractivity contribution in [1.82, 2.24) is 14.9 Å². The summed E-state index contributed by atoms with van der Waals surface area (Å²) >= 11 is 0. The van der Waals surface area contributed by atoms with Crippen molar-refractivity contribution in [3.8, 4) is 0 Å². The highest BCUT2D eigenvalue weighted by Crippen LogP contribution is 2.31. The van der Waals surface area contributed by atoms with Crippen LogP contribution in [-0.4, -0.2) is 32.4 Å². The van der Waals surface area contributed by atoms with E-state index in [1.54, 1.807) is 29.2 Å². The Morgan fingerprint density at radius 2 is 1.85 bits per heavy atom. The van der Waals surface area contributed by atoms with Crippen molar-refractivity contribution in [2.45, 2.75) is 13.0 Å². The van der Waals surface area contributed by atoms with Gasteiger partial charge in [-0.1, -0.05) is 42.5 Å². The zero-order valence-corrected chi connectivity index (χ0v) is 14.2. The van der Waals surface area contributed by atoms with Gasteiger partial charge in [-0.15, -0.1) is 0 Å². The first-order valence-corrected chi connectivity index (χ1v) is 8.38. The molecule has 2 aromatic carbocycles. The summed E-state index contributed by atoms with van der Waals surface area (Å²) in [5.74, 6) is 0.410. The summed E-state index contributed by atoms with van der Waals surface area (Å²) in [5, 5.41) is 19.5. The smallest absolute Gasteiger partial charge is 0.259 e. The van der Waals surface area contributed by atoms with E-state index in [0.29, 0.717) is 10.9 Å². The highest BCUT2D eigenvalue weighted by atomic mass is 16.3. The number of aliphatic hydroxyl groups is 1. The van der Waals surface area contributed by atoms with Crippen molar-refractivity contribution >= 4 is 22.3 Å². The van der Waals surface area contributed by atoms with Crippen LogP contribution in [0, 0.1) is 5.41 Å². The van der Waals surface area contributed by atoms with Crippen molar-refractivity contribution < 1.29 is 5.11 Å². The number of para-hydroxylation sites is 1. The molecule has 0 spiro atoms. The van der Waals surface area contributed by atoms with Crippen LogP contribution in [0.2, 0.25) is 0 Å². The number of fused-ring (bicyclic) bond motifs is 1. The number of aromatic nitrogens is 2. The van der Waals surface area contributed by atoms with Gasteiger partial charge in [-0.2, -0.15) is 0 Å². The lowest BCUT2D eigenvalue weighted by Crippen LogP contribution is -2.30. The second-order valence-electron chi connectivity index (χ2n) is 6.32. The third-order valence-electron chi connectivity index (χ3n) is 4.73. The number of hydrogen-bond donors (Lipinski definition) is 3. The fourth-order valence-corrected chi connectivity index (χ4v) is 3.30. The van der Waals surface area contributed by atoms with Gasteiger partial charge in [-0.05, 0) is 24.6 Å². The van der Waals surface area contributed by atoms with Gasteiger partial charge in [-0.25, -0.2) is 4.98 Å². The lowest BCUT2D eigenvalue weighted by atomic mass is 10.1. The predicted molar refractivity (Wildman–Crippen MR) is 101 cm³/mol. The van der Waals surface area contributed by atoms with E-state index < -0.39 is 0 Å². The summed E-state index contributed by atoms with van der Waals surface area (Å²) < 4.78 is 0. The molecule has 0 radical (unpaired) electrons. The molecule has 4 rings (SSSR count). The number of nitrogens with one attached hydrogen (secondary N) is 2. The Morgan fingerprint density at radius 3 is 2.62 bits per heavy atom. The molecule has 130 valence electrons. The molecule has 0 bridgehead atoms. The van der Waals surface area contributed by atoms with Gasteiger partial charge < -0.3 is 15.0 Å². The fraction of sp³-hybridized carbons (Fsp3) is 0.150. The normalized spacial score (nSPS) is 15.7. The van der Waals surface area contributed by atoms with E-state index in [2.05, 4.69) is 9.97 Å². The quantitative estimate of drug-likeness (QED) is 0.679. The van der Waals surface area contributed by atoms with Crippen LogP contribution in [0.3, 0.4) is 0 Å². The maximum Gasteiger partial charge on any atom is 0.259 e. The van der Waals surface area contributed by atoms with Crippen molar-refractivity contribution in [2.24, 2.45) is 0 Å². The molecule has 0 amide bonds. The van der Waals surface area contributed by atoms with Crippen LogP contribution < -0.4 is 5.56 Å². The third kappa shape index (κ3) is 2.56. The van der Waals surface area contributed by atoms with E-state index >= 15 is 0 Å². The maximum absolute atomic E-state index is 12.3. The molecule has 3 aromatic rings. The lowest BCUT2D eigenvalue weighted by Gasteiger charge is -2.26. The van der Waals surface area contributed by atoms with E-state index in [1.165, 1.54) is 0 Å². The van der Waals surface area contributed by atoms with Gasteiger partial charge in [-0.3, -0.25) is 10.2 Å². The Balaban J connectivity index is 1.73. The first kappa shape index (κ1) is 16.1. The molecule has 1 aromatic heterocycles. The number of aromatic amines is 1. The zero-order valence-electron chi connectivity index (χ0n) is 14.2. The predicted octanol–water partition coefficient (Wildman–Crippen LogP) is 3.25. The van der Waals surface area contributed by atoms with E-state index in [1.807, 2.05) is 37.3 Å². The Labute approximate surface area is 150 Å². The van der Waals surface area contributed by atoms with Crippen LogP contribution in [0.5, 0.6) is 0 Å². The van der Waals surface area contributed by atoms with E-state index in [9.17, 15) is 9.90 Å². The van der Waals surface area contributed by atoms with Crippen LogP contribution in [-0.2, 0) is 0 Å². The van der Waals surface area contributed by atoms with Crippen LogP contribution in [0.25, 0.3) is 16.5 Å². The number of aliphatic hydroxyl groups excluding tert-OH is 1. The van der Waals surface area contributed by atoms with Gasteiger partial charge in [0.15, 0.2) is 0 Å². The minimum absolute atomic E-state index is 0.0382. The molecule has 0 saturated heterocycles. The first-order valence-electron chi connectivity index (χ1n) is 8.38. The SMILES string of the molecule is C[C@H](c1ccccc1)N1CC(O)=C(c2nc3ccccc3c(=O)[nH]2)C1=N. The average molecular weight is 346 g/mol. The number of benzene rings is 2. The molecule has 3 N–H and O–H groups in total. The van der Waals surface area contributed by atoms with Gasteiger partial charge >= 0.3 is 0 Å². The standard InChI is InChI=1S/C20H18N4O2/c1-12(13-7-3-2-4-8-13)24-11-16(25)17(18(24)21)19-22-15-10-6-5-9-14(15)20(26)23-19/h2-10,12,21,25H,11H2,1H3,(H,22,23,26)/t12-/m1/s1. The van der Waals surface area contributed by atoms with Gasteiger partial charge in [0, 0.05) is 0 Å². The van der Waals surface area contributed by atoms with E-state index in [-0.39, 0.29) is 41.1 Å². The largest absolute Gasteiger partial charge is 0.510 e. The minimum atomic E-state index is -0.284. The molecular formula is C20H18N4O2. The molecule has 0 unspecified atom stereocenters. The molecule has 0 fully saturated rings. The van der Waals surface area contributed by atoms with Gasteiger partial charge in [0.05, 0.1) is 29.1 Å². The van der Waals surface area contributed by atoms with Gasteiger partial charge in [0.1, 0.15) is 17.4 Å². The second-order valence-corrected chi connectivity index (χ2v) is 6.32. The van der Waals surface area contributed by atoms with Gasteiger partial charge in [0.25, 0.3) is 5.56 Å². The molecule has 2 heterocycles. The van der Waals surface area contributed by atoms with E-state index in [4.69, 9.17) is 5.41 Å². The number of hydrogen-bond acceptors (Lipinski definition) is 4. The molecule has 0 aliphatic carbocycles. The summed E-state index contributed by atoms with van der Waals surface area (Å²) in [6, 6.07) is 16.7. The topological polar surface area (TPSA) is 93.1 Å². The Morgan fingerprint density at radius 1 is 1.15 bits per heavy atom. The summed E-state index contributed by atoms with van der Waals surface area (Å²) in [4.78, 5) is 21.3. The molecule has 0 saturated carbocycles. The van der Waals surface area contributed by atoms with Crippen molar-refractivity contribution in [3.05, 3.63) is 82.1 Å². The zero-order chi connectivity index (χ0) is 18.3. The number of nitrogens with zero attached hydrogens (tertiary/aromatic N) is 2. The average Bonchev–Trinajstić information content (AvgIpc) is 2.96. The summed E-state index contributed by atoms with van der Waals surface area (Å²) in [5.41, 5.74) is 1.57. The van der Waals surface area contributed by atoms with Crippen LogP contribution in [0.15, 0.2) is 65.2 Å². The third-order valence-corrected chi connectivity index (χ3v) is 4.73. The number of H-pyrrole nitrogens is 1. The van der Waals surface area contributed by atoms with Crippen LogP contribution in [0.4, 0.5) is 0 Å². The molecular weight excluding hydrogens is 328 g/mol. The van der Waals surface area contributed by atoms with Crippen molar-refractivity contribution in [2.75, 3.05) is 6.54 Å². The highest BCUT2D eigenvalue weighted by Gasteiger charge is 2.33. The molecule has 1 aliphatic heterocycles. The minimum Gasteiger partial charge on any atom is -0.510 e. The molecule has 26 heavy (non-hydrogen) atoms. The Hall–Kier alpha value is -3.41. The summed E-state index contributed by atoms with van der Waals surface area (Å²) in [6.45, 7) is 2.19. The lowest BCUT2D eigenvalue weighted by molar-refractivity contribution is 0.310. The number of amidine groups is 1. The van der Waals surface area contributed by atoms with Crippen LogP contribution in [0.1, 0.15) is 24.4 Å². The summed E-state index contributed by atoms with van der Waals surface area (Å²) in [6.07, 6.45) is 0. The Kier molecular flexibility index (Phi) is 3.80. The second kappa shape index (κ2) is 6.15. The maximum atomic E-state index is 12.3. The summed E-state index contributed by atoms with van der Waals surface area (Å²) in [7, 11) is 0. The van der Waals surface area contributed by atoms with Crippen LogP contribution >= 0.6 is 0 Å².